The topological polar surface area (TPSA) is 98.3 Å². The highest BCUT2D eigenvalue weighted by molar-refractivity contribution is 7.90. The van der Waals surface area contributed by atoms with E-state index in [-0.39, 0.29) is 23.0 Å². The maximum atomic E-state index is 14.5. The fraction of sp³-hybridized carbons (Fsp3) is 0.269. The van der Waals surface area contributed by atoms with Crippen molar-refractivity contribution in [3.05, 3.63) is 89.2 Å². The van der Waals surface area contributed by atoms with Crippen molar-refractivity contribution >= 4 is 37.5 Å². The lowest BCUT2D eigenvalue weighted by molar-refractivity contribution is 0.0989. The number of halogens is 1. The number of hydrogen-bond acceptors (Lipinski definition) is 5. The molecular formula is C26H29FN4O5S2. The minimum absolute atomic E-state index is 0.0781. The van der Waals surface area contributed by atoms with Crippen molar-refractivity contribution < 1.29 is 26.0 Å². The van der Waals surface area contributed by atoms with E-state index in [0.717, 1.165) is 18.5 Å². The van der Waals surface area contributed by atoms with Gasteiger partial charge in [0.15, 0.2) is 0 Å². The summed E-state index contributed by atoms with van der Waals surface area (Å²) in [5.74, 6) is -0.927. The second-order valence-corrected chi connectivity index (χ2v) is 13.4. The molecule has 4 rings (SSSR count). The van der Waals surface area contributed by atoms with Crippen molar-refractivity contribution in [2.24, 2.45) is 0 Å². The van der Waals surface area contributed by atoms with Gasteiger partial charge in [-0.2, -0.15) is 12.7 Å². The lowest BCUT2D eigenvalue weighted by Crippen LogP contribution is -2.40. The first-order valence-corrected chi connectivity index (χ1v) is 14.6. The molecular weight excluding hydrogens is 531 g/mol. The molecule has 0 atom stereocenters. The van der Waals surface area contributed by atoms with Gasteiger partial charge in [-0.1, -0.05) is 24.3 Å². The molecule has 12 heteroatoms. The smallest absolute Gasteiger partial charge is 0.303 e. The third kappa shape index (κ3) is 5.17. The van der Waals surface area contributed by atoms with Crippen LogP contribution in [-0.4, -0.2) is 66.1 Å². The van der Waals surface area contributed by atoms with Crippen LogP contribution in [0.4, 0.5) is 15.8 Å². The average molecular weight is 561 g/mol. The largest absolute Gasteiger partial charge is 0.308 e. The number of sulfonamides is 1. The SMILES string of the molecule is CN(C)S(=O)(=O)c1ccc2c(c1)CCN2C(=O)c1ccc(CN(c2ccccc2F)S(=O)(=O)N(C)C)cc1. The van der Waals surface area contributed by atoms with Crippen LogP contribution in [0.3, 0.4) is 0 Å². The summed E-state index contributed by atoms with van der Waals surface area (Å²) in [5, 5.41) is 0. The predicted octanol–water partition coefficient (Wildman–Crippen LogP) is 3.09. The van der Waals surface area contributed by atoms with Crippen molar-refractivity contribution in [1.82, 2.24) is 8.61 Å². The first-order chi connectivity index (χ1) is 17.8. The molecule has 0 spiro atoms. The predicted molar refractivity (Wildman–Crippen MR) is 144 cm³/mol. The highest BCUT2D eigenvalue weighted by atomic mass is 32.2. The van der Waals surface area contributed by atoms with Crippen LogP contribution in [0.5, 0.6) is 0 Å². The lowest BCUT2D eigenvalue weighted by atomic mass is 10.1. The van der Waals surface area contributed by atoms with E-state index in [0.29, 0.717) is 29.8 Å². The molecule has 3 aromatic carbocycles. The number of nitrogens with zero attached hydrogens (tertiary/aromatic N) is 4. The Bertz CT molecular complexity index is 1570. The monoisotopic (exact) mass is 560 g/mol. The van der Waals surface area contributed by atoms with Crippen LogP contribution < -0.4 is 9.21 Å². The van der Waals surface area contributed by atoms with Crippen molar-refractivity contribution in [3.63, 3.8) is 0 Å². The van der Waals surface area contributed by atoms with E-state index in [1.165, 1.54) is 52.5 Å². The molecule has 0 aromatic heterocycles. The van der Waals surface area contributed by atoms with Gasteiger partial charge in [0.05, 0.1) is 17.1 Å². The first-order valence-electron chi connectivity index (χ1n) is 11.7. The fourth-order valence-electron chi connectivity index (χ4n) is 4.18. The van der Waals surface area contributed by atoms with Gasteiger partial charge in [-0.05, 0) is 60.0 Å². The van der Waals surface area contributed by atoms with Crippen LogP contribution >= 0.6 is 0 Å². The molecule has 0 saturated carbocycles. The summed E-state index contributed by atoms with van der Waals surface area (Å²) in [6.07, 6.45) is 0.524. The van der Waals surface area contributed by atoms with Crippen molar-refractivity contribution in [2.45, 2.75) is 17.9 Å². The van der Waals surface area contributed by atoms with Crippen LogP contribution in [0.2, 0.25) is 0 Å². The van der Waals surface area contributed by atoms with Gasteiger partial charge in [0.2, 0.25) is 10.0 Å². The molecule has 0 N–H and O–H groups in total. The second-order valence-electron chi connectivity index (χ2n) is 9.23. The third-order valence-electron chi connectivity index (χ3n) is 6.36. The van der Waals surface area contributed by atoms with Crippen LogP contribution in [-0.2, 0) is 33.2 Å². The third-order valence-corrected chi connectivity index (χ3v) is 9.98. The van der Waals surface area contributed by atoms with E-state index < -0.39 is 26.0 Å². The highest BCUT2D eigenvalue weighted by Gasteiger charge is 2.29. The Hall–Kier alpha value is -3.32. The second kappa shape index (κ2) is 10.4. The number of fused-ring (bicyclic) bond motifs is 1. The maximum absolute atomic E-state index is 14.5. The van der Waals surface area contributed by atoms with E-state index in [4.69, 9.17) is 0 Å². The normalized spacial score (nSPS) is 13.7. The zero-order valence-electron chi connectivity index (χ0n) is 21.5. The minimum atomic E-state index is -4.00. The average Bonchev–Trinajstić information content (AvgIpc) is 3.31. The van der Waals surface area contributed by atoms with Crippen molar-refractivity contribution in [1.29, 1.82) is 0 Å². The van der Waals surface area contributed by atoms with Gasteiger partial charge < -0.3 is 4.90 Å². The number of para-hydroxylation sites is 1. The van der Waals surface area contributed by atoms with Gasteiger partial charge in [-0.3, -0.25) is 9.10 Å². The van der Waals surface area contributed by atoms with Crippen molar-refractivity contribution in [3.8, 4) is 0 Å². The van der Waals surface area contributed by atoms with E-state index in [9.17, 15) is 26.0 Å². The van der Waals surface area contributed by atoms with Crippen LogP contribution in [0.25, 0.3) is 0 Å². The molecule has 1 aliphatic heterocycles. The maximum Gasteiger partial charge on any atom is 0.303 e. The molecule has 0 aliphatic carbocycles. The Balaban J connectivity index is 1.57. The molecule has 0 saturated heterocycles. The molecule has 0 bridgehead atoms. The Labute approximate surface area is 222 Å². The number of amides is 1. The summed E-state index contributed by atoms with van der Waals surface area (Å²) in [4.78, 5) is 15.1. The number of carbonyl (C=O) groups is 1. The zero-order chi connectivity index (χ0) is 27.8. The summed E-state index contributed by atoms with van der Waals surface area (Å²) >= 11 is 0. The number of hydrogen-bond donors (Lipinski definition) is 0. The molecule has 9 nitrogen and oxygen atoms in total. The number of rotatable bonds is 8. The molecule has 1 aliphatic rings. The molecule has 1 amide bonds. The molecule has 0 fully saturated rings. The zero-order valence-corrected chi connectivity index (χ0v) is 23.1. The molecule has 202 valence electrons. The molecule has 0 unspecified atom stereocenters. The van der Waals surface area contributed by atoms with Gasteiger partial charge >= 0.3 is 10.2 Å². The van der Waals surface area contributed by atoms with Gasteiger partial charge in [-0.25, -0.2) is 17.1 Å². The summed E-state index contributed by atoms with van der Waals surface area (Å²) in [6, 6.07) is 16.8. The molecule has 0 radical (unpaired) electrons. The van der Waals surface area contributed by atoms with Gasteiger partial charge in [-0.15, -0.1) is 0 Å². The number of benzene rings is 3. The Morgan fingerprint density at radius 1 is 0.895 bits per heavy atom. The highest BCUT2D eigenvalue weighted by Crippen LogP contribution is 2.32. The molecule has 3 aromatic rings. The molecule has 1 heterocycles. The summed E-state index contributed by atoms with van der Waals surface area (Å²) < 4.78 is 68.5. The van der Waals surface area contributed by atoms with Crippen LogP contribution in [0, 0.1) is 5.82 Å². The van der Waals surface area contributed by atoms with E-state index in [1.807, 2.05) is 0 Å². The summed E-state index contributed by atoms with van der Waals surface area (Å²) in [7, 11) is -1.91. The quantitative estimate of drug-likeness (QED) is 0.422. The van der Waals surface area contributed by atoms with E-state index in [2.05, 4.69) is 0 Å². The first kappa shape index (κ1) is 27.7. The Morgan fingerprint density at radius 2 is 1.55 bits per heavy atom. The standard InChI is InChI=1S/C26H29FN4O5S2/c1-28(2)37(33,34)22-13-14-24-21(17-22)15-16-30(24)26(32)20-11-9-19(10-12-20)18-31(38(35,36)29(3)4)25-8-6-5-7-23(25)27/h5-14,17H,15-16,18H2,1-4H3. The van der Waals surface area contributed by atoms with Crippen molar-refractivity contribution in [2.75, 3.05) is 43.9 Å². The molecule has 38 heavy (non-hydrogen) atoms. The van der Waals surface area contributed by atoms with Gasteiger partial charge in [0.25, 0.3) is 5.91 Å². The Kier molecular flexibility index (Phi) is 7.62. The Morgan fingerprint density at radius 3 is 2.16 bits per heavy atom. The van der Waals surface area contributed by atoms with E-state index in [1.54, 1.807) is 47.4 Å². The number of anilines is 2. The van der Waals surface area contributed by atoms with Crippen LogP contribution in [0.1, 0.15) is 21.5 Å². The lowest BCUT2D eigenvalue weighted by Gasteiger charge is -2.28. The van der Waals surface area contributed by atoms with E-state index >= 15 is 0 Å². The fourth-order valence-corrected chi connectivity index (χ4v) is 6.23. The van der Waals surface area contributed by atoms with Gasteiger partial charge in [0, 0.05) is 46.0 Å². The summed E-state index contributed by atoms with van der Waals surface area (Å²) in [6.45, 7) is 0.273. The number of carbonyl (C=O) groups excluding carboxylic acids is 1. The van der Waals surface area contributed by atoms with Gasteiger partial charge in [0.1, 0.15) is 5.82 Å². The minimum Gasteiger partial charge on any atom is -0.308 e. The van der Waals surface area contributed by atoms with Crippen LogP contribution in [0.15, 0.2) is 71.6 Å². The summed E-state index contributed by atoms with van der Waals surface area (Å²) in [5.41, 5.74) is 2.30.